The first-order valence-corrected chi connectivity index (χ1v) is 8.59. The van der Waals surface area contributed by atoms with Gasteiger partial charge in [0.2, 0.25) is 12.2 Å². The zero-order chi connectivity index (χ0) is 17.1. The predicted octanol–water partition coefficient (Wildman–Crippen LogP) is 1.80. The van der Waals surface area contributed by atoms with Crippen molar-refractivity contribution in [2.75, 3.05) is 6.54 Å². The quantitative estimate of drug-likeness (QED) is 0.375. The second kappa shape index (κ2) is 11.2. The van der Waals surface area contributed by atoms with E-state index in [0.717, 1.165) is 25.3 Å². The summed E-state index contributed by atoms with van der Waals surface area (Å²) in [7, 11) is 0. The van der Waals surface area contributed by atoms with Gasteiger partial charge in [0, 0.05) is 24.6 Å². The maximum atomic E-state index is 11.7. The number of aliphatic hydroxyl groups is 2. The molecule has 6 heteroatoms. The van der Waals surface area contributed by atoms with E-state index in [2.05, 4.69) is 17.0 Å². The van der Waals surface area contributed by atoms with Gasteiger partial charge in [0.1, 0.15) is 0 Å². The van der Waals surface area contributed by atoms with Gasteiger partial charge in [-0.25, -0.2) is 4.79 Å². The van der Waals surface area contributed by atoms with Crippen molar-refractivity contribution in [2.45, 2.75) is 77.1 Å². The Kier molecular flexibility index (Phi) is 9.55. The van der Waals surface area contributed by atoms with E-state index in [0.29, 0.717) is 6.42 Å². The van der Waals surface area contributed by atoms with Crippen LogP contribution in [0, 0.1) is 0 Å². The largest absolute Gasteiger partial charge is 0.429 e. The molecular formula is C17H29NO5. The molecule has 0 radical (unpaired) electrons. The molecule has 1 rings (SSSR count). The number of ether oxygens (including phenoxy) is 1. The Morgan fingerprint density at radius 1 is 1.22 bits per heavy atom. The summed E-state index contributed by atoms with van der Waals surface area (Å²) in [4.78, 5) is 22.6. The second-order valence-corrected chi connectivity index (χ2v) is 5.98. The van der Waals surface area contributed by atoms with E-state index in [1.165, 1.54) is 32.1 Å². The van der Waals surface area contributed by atoms with Gasteiger partial charge >= 0.3 is 5.97 Å². The fraction of sp³-hybridized carbons (Fsp3) is 0.765. The maximum Gasteiger partial charge on any atom is 0.333 e. The third-order valence-corrected chi connectivity index (χ3v) is 3.93. The number of unbranched alkanes of at least 4 members (excludes halogenated alkanes) is 7. The van der Waals surface area contributed by atoms with Crippen molar-refractivity contribution >= 4 is 11.9 Å². The van der Waals surface area contributed by atoms with Crippen LogP contribution in [0.25, 0.3) is 0 Å². The standard InChI is InChI=1S/C17H29NO5/c1-2-3-4-5-6-7-8-9-10-15(20)18-12-14(19)13-11-16(21)23-17(13)22/h11,14,17,19,22H,2-10,12H2,1H3,(H,18,20). The van der Waals surface area contributed by atoms with Crippen molar-refractivity contribution in [1.29, 1.82) is 0 Å². The first-order chi connectivity index (χ1) is 11.0. The molecule has 0 spiro atoms. The molecule has 0 fully saturated rings. The van der Waals surface area contributed by atoms with Crippen molar-refractivity contribution in [3.8, 4) is 0 Å². The van der Waals surface area contributed by atoms with Gasteiger partial charge in [-0.2, -0.15) is 0 Å². The summed E-state index contributed by atoms with van der Waals surface area (Å²) in [5.41, 5.74) is 0.0855. The highest BCUT2D eigenvalue weighted by atomic mass is 16.6. The van der Waals surface area contributed by atoms with Gasteiger partial charge in [0.05, 0.1) is 6.10 Å². The SMILES string of the molecule is CCCCCCCCCCC(=O)NCC(O)C1=CC(=O)OC1O. The molecule has 2 unspecified atom stereocenters. The molecule has 132 valence electrons. The number of amides is 1. The number of hydrogen-bond acceptors (Lipinski definition) is 5. The fourth-order valence-corrected chi connectivity index (χ4v) is 2.52. The van der Waals surface area contributed by atoms with Crippen LogP contribution < -0.4 is 5.32 Å². The van der Waals surface area contributed by atoms with Crippen LogP contribution >= 0.6 is 0 Å². The molecule has 0 saturated heterocycles. The third-order valence-electron chi connectivity index (χ3n) is 3.93. The number of esters is 1. The summed E-state index contributed by atoms with van der Waals surface area (Å²) in [6, 6.07) is 0. The molecule has 1 amide bonds. The molecule has 1 aliphatic heterocycles. The third kappa shape index (κ3) is 8.13. The molecule has 0 bridgehead atoms. The van der Waals surface area contributed by atoms with Gasteiger partial charge in [-0.05, 0) is 6.42 Å². The van der Waals surface area contributed by atoms with Crippen LogP contribution in [0.2, 0.25) is 0 Å². The molecule has 2 atom stereocenters. The predicted molar refractivity (Wildman–Crippen MR) is 86.4 cm³/mol. The van der Waals surface area contributed by atoms with E-state index in [-0.39, 0.29) is 18.0 Å². The first-order valence-electron chi connectivity index (χ1n) is 8.59. The molecule has 6 nitrogen and oxygen atoms in total. The molecule has 0 aromatic heterocycles. The molecule has 0 aromatic rings. The summed E-state index contributed by atoms with van der Waals surface area (Å²) in [6.07, 6.45) is 8.31. The van der Waals surface area contributed by atoms with E-state index < -0.39 is 18.4 Å². The second-order valence-electron chi connectivity index (χ2n) is 5.98. The zero-order valence-electron chi connectivity index (χ0n) is 13.9. The fourth-order valence-electron chi connectivity index (χ4n) is 2.52. The van der Waals surface area contributed by atoms with Crippen LogP contribution in [0.4, 0.5) is 0 Å². The van der Waals surface area contributed by atoms with Gasteiger partial charge in [0.25, 0.3) is 0 Å². The van der Waals surface area contributed by atoms with Crippen LogP contribution in [0.1, 0.15) is 64.7 Å². The Morgan fingerprint density at radius 2 is 1.83 bits per heavy atom. The molecule has 3 N–H and O–H groups in total. The van der Waals surface area contributed by atoms with E-state index in [9.17, 15) is 19.8 Å². The Labute approximate surface area is 137 Å². The van der Waals surface area contributed by atoms with Gasteiger partial charge in [0.15, 0.2) is 0 Å². The minimum Gasteiger partial charge on any atom is -0.429 e. The monoisotopic (exact) mass is 327 g/mol. The molecular weight excluding hydrogens is 298 g/mol. The zero-order valence-corrected chi connectivity index (χ0v) is 13.9. The molecule has 0 saturated carbocycles. The molecule has 0 aromatic carbocycles. The first kappa shape index (κ1) is 19.6. The van der Waals surface area contributed by atoms with Crippen LogP contribution in [-0.2, 0) is 14.3 Å². The smallest absolute Gasteiger partial charge is 0.333 e. The molecule has 0 aliphatic carbocycles. The Bertz CT molecular complexity index is 408. The van der Waals surface area contributed by atoms with Crippen LogP contribution in [0.3, 0.4) is 0 Å². The Hall–Kier alpha value is -1.40. The number of nitrogens with one attached hydrogen (secondary N) is 1. The van der Waals surface area contributed by atoms with Crippen molar-refractivity contribution in [1.82, 2.24) is 5.32 Å². The lowest BCUT2D eigenvalue weighted by Gasteiger charge is -2.15. The van der Waals surface area contributed by atoms with Crippen LogP contribution in [-0.4, -0.2) is 41.0 Å². The van der Waals surface area contributed by atoms with Crippen molar-refractivity contribution in [3.05, 3.63) is 11.6 Å². The number of carbonyl (C=O) groups is 2. The molecule has 23 heavy (non-hydrogen) atoms. The average molecular weight is 327 g/mol. The Balaban J connectivity index is 2.04. The number of hydrogen-bond donors (Lipinski definition) is 3. The summed E-state index contributed by atoms with van der Waals surface area (Å²) in [5, 5.41) is 21.8. The minimum absolute atomic E-state index is 0.0324. The summed E-state index contributed by atoms with van der Waals surface area (Å²) in [5.74, 6) is -0.813. The van der Waals surface area contributed by atoms with Crippen LogP contribution in [0.5, 0.6) is 0 Å². The summed E-state index contributed by atoms with van der Waals surface area (Å²) in [6.45, 7) is 2.17. The Morgan fingerprint density at radius 3 is 2.39 bits per heavy atom. The van der Waals surface area contributed by atoms with Crippen LogP contribution in [0.15, 0.2) is 11.6 Å². The lowest BCUT2D eigenvalue weighted by atomic mass is 10.1. The molecule has 1 aliphatic rings. The van der Waals surface area contributed by atoms with E-state index in [1.807, 2.05) is 0 Å². The maximum absolute atomic E-state index is 11.7. The highest BCUT2D eigenvalue weighted by Gasteiger charge is 2.29. The number of rotatable bonds is 12. The minimum atomic E-state index is -1.41. The van der Waals surface area contributed by atoms with Gasteiger partial charge in [-0.15, -0.1) is 0 Å². The highest BCUT2D eigenvalue weighted by Crippen LogP contribution is 2.16. The normalized spacial score (nSPS) is 18.5. The lowest BCUT2D eigenvalue weighted by Crippen LogP contribution is -2.35. The van der Waals surface area contributed by atoms with E-state index in [4.69, 9.17) is 0 Å². The summed E-state index contributed by atoms with van der Waals surface area (Å²) >= 11 is 0. The number of aliphatic hydroxyl groups excluding tert-OH is 2. The highest BCUT2D eigenvalue weighted by molar-refractivity contribution is 5.85. The van der Waals surface area contributed by atoms with Crippen molar-refractivity contribution in [3.63, 3.8) is 0 Å². The van der Waals surface area contributed by atoms with E-state index in [1.54, 1.807) is 0 Å². The van der Waals surface area contributed by atoms with Gasteiger partial charge in [-0.1, -0.05) is 51.9 Å². The van der Waals surface area contributed by atoms with Gasteiger partial charge in [-0.3, -0.25) is 4.79 Å². The number of carbonyl (C=O) groups excluding carboxylic acids is 2. The van der Waals surface area contributed by atoms with E-state index >= 15 is 0 Å². The average Bonchev–Trinajstić information content (AvgIpc) is 2.86. The topological polar surface area (TPSA) is 95.9 Å². The summed E-state index contributed by atoms with van der Waals surface area (Å²) < 4.78 is 4.48. The van der Waals surface area contributed by atoms with Gasteiger partial charge < -0.3 is 20.3 Å². The van der Waals surface area contributed by atoms with Crippen molar-refractivity contribution in [2.24, 2.45) is 0 Å². The lowest BCUT2D eigenvalue weighted by molar-refractivity contribution is -0.152. The number of cyclic esters (lactones) is 1. The van der Waals surface area contributed by atoms with Crippen molar-refractivity contribution < 1.29 is 24.5 Å². The molecule has 1 heterocycles.